The highest BCUT2D eigenvalue weighted by molar-refractivity contribution is 5.95. The molecule has 6 heteroatoms. The zero-order chi connectivity index (χ0) is 17.0. The molecule has 1 aromatic heterocycles. The van der Waals surface area contributed by atoms with Gasteiger partial charge < -0.3 is 19.8 Å². The monoisotopic (exact) mass is 313 g/mol. The van der Waals surface area contributed by atoms with Crippen molar-refractivity contribution < 1.29 is 14.3 Å². The van der Waals surface area contributed by atoms with Crippen molar-refractivity contribution >= 4 is 11.7 Å². The third kappa shape index (κ3) is 3.29. The summed E-state index contributed by atoms with van der Waals surface area (Å²) in [6.45, 7) is 4.04. The average Bonchev–Trinajstić information content (AvgIpc) is 2.91. The van der Waals surface area contributed by atoms with Gasteiger partial charge >= 0.3 is 5.97 Å². The molecule has 0 spiro atoms. The standard InChI is InChI=1S/C17H19N3O3/c1-4-11(2)23-14-7-5-13(6-8-14)20-10-12(9-18)15(19)16(20)17(21)22-3/h5-8,10-11H,4,19H2,1-3H3. The molecule has 1 aromatic carbocycles. The number of anilines is 1. The molecule has 0 bridgehead atoms. The second-order valence-corrected chi connectivity index (χ2v) is 5.11. The highest BCUT2D eigenvalue weighted by Crippen LogP contribution is 2.26. The molecular formula is C17H19N3O3. The van der Waals surface area contributed by atoms with Crippen molar-refractivity contribution in [2.24, 2.45) is 0 Å². The fourth-order valence-electron chi connectivity index (χ4n) is 2.12. The quantitative estimate of drug-likeness (QED) is 0.857. The van der Waals surface area contributed by atoms with Gasteiger partial charge in [0, 0.05) is 11.9 Å². The zero-order valence-corrected chi connectivity index (χ0v) is 13.4. The number of ether oxygens (including phenoxy) is 2. The molecule has 0 radical (unpaired) electrons. The van der Waals surface area contributed by atoms with Gasteiger partial charge in [-0.15, -0.1) is 0 Å². The first-order valence-corrected chi connectivity index (χ1v) is 7.28. The van der Waals surface area contributed by atoms with Gasteiger partial charge in [-0.1, -0.05) is 6.92 Å². The van der Waals surface area contributed by atoms with Crippen LogP contribution in [-0.4, -0.2) is 23.8 Å². The Labute approximate surface area is 135 Å². The molecule has 0 amide bonds. The second kappa shape index (κ2) is 6.88. The summed E-state index contributed by atoms with van der Waals surface area (Å²) in [7, 11) is 1.27. The third-order valence-electron chi connectivity index (χ3n) is 3.57. The number of carbonyl (C=O) groups is 1. The number of nitriles is 1. The summed E-state index contributed by atoms with van der Waals surface area (Å²) in [6.07, 6.45) is 2.55. The second-order valence-electron chi connectivity index (χ2n) is 5.11. The van der Waals surface area contributed by atoms with Crippen molar-refractivity contribution in [2.75, 3.05) is 12.8 Å². The van der Waals surface area contributed by atoms with Crippen LogP contribution in [0.25, 0.3) is 5.69 Å². The predicted molar refractivity (Wildman–Crippen MR) is 86.6 cm³/mol. The van der Waals surface area contributed by atoms with Crippen molar-refractivity contribution in [1.82, 2.24) is 4.57 Å². The normalized spacial score (nSPS) is 11.6. The Kier molecular flexibility index (Phi) is 4.91. The molecule has 0 aliphatic heterocycles. The fourth-order valence-corrected chi connectivity index (χ4v) is 2.12. The number of nitrogen functional groups attached to an aromatic ring is 1. The number of benzene rings is 1. The van der Waals surface area contributed by atoms with Crippen molar-refractivity contribution in [2.45, 2.75) is 26.4 Å². The number of carbonyl (C=O) groups excluding carboxylic acids is 1. The molecule has 2 aromatic rings. The number of methoxy groups -OCH3 is 1. The van der Waals surface area contributed by atoms with Gasteiger partial charge in [-0.2, -0.15) is 5.26 Å². The molecule has 0 fully saturated rings. The fraction of sp³-hybridized carbons (Fsp3) is 0.294. The van der Waals surface area contributed by atoms with Crippen LogP contribution in [-0.2, 0) is 4.74 Å². The predicted octanol–water partition coefficient (Wildman–Crippen LogP) is 2.90. The summed E-state index contributed by atoms with van der Waals surface area (Å²) < 4.78 is 12.0. The van der Waals surface area contributed by atoms with Crippen LogP contribution in [0, 0.1) is 11.3 Å². The Morgan fingerprint density at radius 1 is 1.39 bits per heavy atom. The van der Waals surface area contributed by atoms with Crippen LogP contribution in [0.1, 0.15) is 36.3 Å². The Balaban J connectivity index is 2.42. The third-order valence-corrected chi connectivity index (χ3v) is 3.57. The SMILES string of the molecule is CCC(C)Oc1ccc(-n2cc(C#N)c(N)c2C(=O)OC)cc1. The maximum Gasteiger partial charge on any atom is 0.357 e. The van der Waals surface area contributed by atoms with Crippen molar-refractivity contribution in [3.63, 3.8) is 0 Å². The van der Waals surface area contributed by atoms with E-state index < -0.39 is 5.97 Å². The van der Waals surface area contributed by atoms with E-state index in [1.54, 1.807) is 16.7 Å². The Hall–Kier alpha value is -2.94. The highest BCUT2D eigenvalue weighted by Gasteiger charge is 2.21. The topological polar surface area (TPSA) is 90.3 Å². The number of aromatic nitrogens is 1. The van der Waals surface area contributed by atoms with Crippen LogP contribution in [0.3, 0.4) is 0 Å². The van der Waals surface area contributed by atoms with Gasteiger partial charge in [-0.25, -0.2) is 4.79 Å². The van der Waals surface area contributed by atoms with Gasteiger partial charge in [0.1, 0.15) is 11.8 Å². The van der Waals surface area contributed by atoms with E-state index in [1.165, 1.54) is 13.3 Å². The summed E-state index contributed by atoms with van der Waals surface area (Å²) in [5.74, 6) is 0.146. The minimum Gasteiger partial charge on any atom is -0.491 e. The van der Waals surface area contributed by atoms with Gasteiger partial charge in [-0.05, 0) is 37.6 Å². The largest absolute Gasteiger partial charge is 0.491 e. The molecule has 2 N–H and O–H groups in total. The molecule has 6 nitrogen and oxygen atoms in total. The van der Waals surface area contributed by atoms with Crippen LogP contribution >= 0.6 is 0 Å². The van der Waals surface area contributed by atoms with Gasteiger partial charge in [0.2, 0.25) is 0 Å². The molecule has 1 atom stereocenters. The van der Waals surface area contributed by atoms with E-state index in [-0.39, 0.29) is 23.0 Å². The first-order valence-electron chi connectivity index (χ1n) is 7.28. The molecular weight excluding hydrogens is 294 g/mol. The lowest BCUT2D eigenvalue weighted by Gasteiger charge is -2.13. The van der Waals surface area contributed by atoms with E-state index in [0.29, 0.717) is 5.69 Å². The molecule has 120 valence electrons. The maximum atomic E-state index is 12.0. The van der Waals surface area contributed by atoms with Gasteiger partial charge in [-0.3, -0.25) is 0 Å². The summed E-state index contributed by atoms with van der Waals surface area (Å²) in [4.78, 5) is 12.0. The van der Waals surface area contributed by atoms with Crippen LogP contribution in [0.2, 0.25) is 0 Å². The minimum absolute atomic E-state index is 0.110. The molecule has 2 rings (SSSR count). The van der Waals surface area contributed by atoms with Gasteiger partial charge in [0.25, 0.3) is 0 Å². The lowest BCUT2D eigenvalue weighted by Crippen LogP contribution is -2.11. The summed E-state index contributed by atoms with van der Waals surface area (Å²) in [5.41, 5.74) is 7.04. The van der Waals surface area contributed by atoms with E-state index in [4.69, 9.17) is 20.5 Å². The molecule has 23 heavy (non-hydrogen) atoms. The average molecular weight is 313 g/mol. The van der Waals surface area contributed by atoms with Crippen LogP contribution < -0.4 is 10.5 Å². The first kappa shape index (κ1) is 16.4. The van der Waals surface area contributed by atoms with Crippen LogP contribution in [0.4, 0.5) is 5.69 Å². The molecule has 0 saturated carbocycles. The lowest BCUT2D eigenvalue weighted by atomic mass is 10.2. The van der Waals surface area contributed by atoms with E-state index >= 15 is 0 Å². The van der Waals surface area contributed by atoms with E-state index in [0.717, 1.165) is 12.2 Å². The number of hydrogen-bond donors (Lipinski definition) is 1. The smallest absolute Gasteiger partial charge is 0.357 e. The molecule has 1 heterocycles. The van der Waals surface area contributed by atoms with E-state index in [2.05, 4.69) is 0 Å². The van der Waals surface area contributed by atoms with E-state index in [9.17, 15) is 4.79 Å². The Morgan fingerprint density at radius 3 is 2.57 bits per heavy atom. The van der Waals surface area contributed by atoms with Gasteiger partial charge in [0.05, 0.1) is 24.5 Å². The molecule has 0 aliphatic carbocycles. The Bertz CT molecular complexity index is 742. The molecule has 1 unspecified atom stereocenters. The number of esters is 1. The number of nitrogens with zero attached hydrogens (tertiary/aromatic N) is 2. The lowest BCUT2D eigenvalue weighted by molar-refractivity contribution is 0.0593. The first-order chi connectivity index (χ1) is 11.0. The number of hydrogen-bond acceptors (Lipinski definition) is 5. The minimum atomic E-state index is -0.594. The van der Waals surface area contributed by atoms with Crippen molar-refractivity contribution in [3.8, 4) is 17.5 Å². The highest BCUT2D eigenvalue weighted by atomic mass is 16.5. The maximum absolute atomic E-state index is 12.0. The summed E-state index contributed by atoms with van der Waals surface area (Å²) >= 11 is 0. The van der Waals surface area contributed by atoms with Crippen LogP contribution in [0.5, 0.6) is 5.75 Å². The zero-order valence-electron chi connectivity index (χ0n) is 13.4. The summed E-state index contributed by atoms with van der Waals surface area (Å²) in [6, 6.07) is 9.18. The molecule has 0 aliphatic rings. The van der Waals surface area contributed by atoms with Gasteiger partial charge in [0.15, 0.2) is 5.69 Å². The number of rotatable bonds is 5. The van der Waals surface area contributed by atoms with E-state index in [1.807, 2.05) is 32.0 Å². The number of nitrogens with two attached hydrogens (primary N) is 1. The van der Waals surface area contributed by atoms with Crippen molar-refractivity contribution in [1.29, 1.82) is 5.26 Å². The molecule has 0 saturated heterocycles. The van der Waals surface area contributed by atoms with Crippen LogP contribution in [0.15, 0.2) is 30.5 Å². The van der Waals surface area contributed by atoms with Crippen molar-refractivity contribution in [3.05, 3.63) is 41.7 Å². The Morgan fingerprint density at radius 2 is 2.04 bits per heavy atom. The summed E-state index contributed by atoms with van der Waals surface area (Å²) in [5, 5.41) is 9.11.